The van der Waals surface area contributed by atoms with Crippen molar-refractivity contribution in [2.75, 3.05) is 13.7 Å². The molecule has 0 saturated carbocycles. The Balaban J connectivity index is 1.85. The summed E-state index contributed by atoms with van der Waals surface area (Å²) in [6.07, 6.45) is 3.73. The van der Waals surface area contributed by atoms with Gasteiger partial charge < -0.3 is 15.4 Å². The van der Waals surface area contributed by atoms with Crippen LogP contribution in [0.15, 0.2) is 18.3 Å². The van der Waals surface area contributed by atoms with E-state index >= 15 is 0 Å². The zero-order valence-corrected chi connectivity index (χ0v) is 11.5. The highest BCUT2D eigenvalue weighted by Crippen LogP contribution is 2.15. The molecule has 5 nitrogen and oxygen atoms in total. The summed E-state index contributed by atoms with van der Waals surface area (Å²) in [5.74, 6) is 1.25. The number of pyridine rings is 1. The summed E-state index contributed by atoms with van der Waals surface area (Å²) in [4.78, 5) is 16.1. The number of rotatable bonds is 4. The predicted octanol–water partition coefficient (Wildman–Crippen LogP) is 1.09. The van der Waals surface area contributed by atoms with Crippen LogP contribution in [0, 0.1) is 5.92 Å². The standard InChI is InChI=1S/C14H21N3O2/c1-10-3-5-15-12(7-10)14(18)17-9-11-4-6-16-13(8-11)19-2/h4,6,8,10,12,15H,3,5,7,9H2,1-2H3,(H,17,18). The van der Waals surface area contributed by atoms with Gasteiger partial charge in [0.15, 0.2) is 0 Å². The van der Waals surface area contributed by atoms with Crippen molar-refractivity contribution in [3.05, 3.63) is 23.9 Å². The van der Waals surface area contributed by atoms with Crippen molar-refractivity contribution in [3.63, 3.8) is 0 Å². The molecule has 1 saturated heterocycles. The highest BCUT2D eigenvalue weighted by Gasteiger charge is 2.24. The molecule has 0 aliphatic carbocycles. The molecule has 1 aromatic heterocycles. The first-order valence-electron chi connectivity index (χ1n) is 6.69. The van der Waals surface area contributed by atoms with Crippen molar-refractivity contribution in [3.8, 4) is 5.88 Å². The van der Waals surface area contributed by atoms with Gasteiger partial charge in [0.25, 0.3) is 0 Å². The Morgan fingerprint density at radius 3 is 3.21 bits per heavy atom. The quantitative estimate of drug-likeness (QED) is 0.853. The van der Waals surface area contributed by atoms with E-state index in [1.54, 1.807) is 13.3 Å². The maximum atomic E-state index is 12.1. The lowest BCUT2D eigenvalue weighted by molar-refractivity contribution is -0.124. The summed E-state index contributed by atoms with van der Waals surface area (Å²) < 4.78 is 5.06. The number of nitrogens with one attached hydrogen (secondary N) is 2. The largest absolute Gasteiger partial charge is 0.481 e. The molecule has 19 heavy (non-hydrogen) atoms. The highest BCUT2D eigenvalue weighted by molar-refractivity contribution is 5.81. The molecule has 2 N–H and O–H groups in total. The van der Waals surface area contributed by atoms with Gasteiger partial charge in [-0.15, -0.1) is 0 Å². The Hall–Kier alpha value is -1.62. The first-order chi connectivity index (χ1) is 9.19. The van der Waals surface area contributed by atoms with E-state index in [0.29, 0.717) is 18.3 Å². The van der Waals surface area contributed by atoms with Crippen LogP contribution < -0.4 is 15.4 Å². The Kier molecular flexibility index (Phi) is 4.74. The lowest BCUT2D eigenvalue weighted by atomic mass is 9.94. The van der Waals surface area contributed by atoms with Crippen molar-refractivity contribution in [2.45, 2.75) is 32.4 Å². The van der Waals surface area contributed by atoms with Crippen LogP contribution in [0.1, 0.15) is 25.3 Å². The van der Waals surface area contributed by atoms with Gasteiger partial charge in [-0.2, -0.15) is 0 Å². The number of carbonyl (C=O) groups is 1. The van der Waals surface area contributed by atoms with Crippen LogP contribution in [0.4, 0.5) is 0 Å². The number of amides is 1. The van der Waals surface area contributed by atoms with E-state index in [2.05, 4.69) is 22.5 Å². The second kappa shape index (κ2) is 6.52. The van der Waals surface area contributed by atoms with Gasteiger partial charge in [0.1, 0.15) is 0 Å². The molecule has 1 amide bonds. The zero-order chi connectivity index (χ0) is 13.7. The zero-order valence-electron chi connectivity index (χ0n) is 11.5. The monoisotopic (exact) mass is 263 g/mol. The summed E-state index contributed by atoms with van der Waals surface area (Å²) in [7, 11) is 1.58. The van der Waals surface area contributed by atoms with E-state index < -0.39 is 0 Å². The molecule has 2 rings (SSSR count). The number of hydrogen-bond acceptors (Lipinski definition) is 4. The molecule has 1 aromatic rings. The SMILES string of the molecule is COc1cc(CNC(=O)C2CC(C)CCN2)ccn1. The third-order valence-electron chi connectivity index (χ3n) is 3.46. The number of aromatic nitrogens is 1. The molecule has 2 unspecified atom stereocenters. The molecule has 104 valence electrons. The van der Waals surface area contributed by atoms with Crippen molar-refractivity contribution < 1.29 is 9.53 Å². The van der Waals surface area contributed by atoms with Gasteiger partial charge in [-0.05, 0) is 36.9 Å². The molecule has 1 aliphatic heterocycles. The lowest BCUT2D eigenvalue weighted by Crippen LogP contribution is -2.48. The summed E-state index contributed by atoms with van der Waals surface area (Å²) in [5, 5.41) is 6.21. The number of piperidine rings is 1. The van der Waals surface area contributed by atoms with Crippen molar-refractivity contribution in [2.24, 2.45) is 5.92 Å². The minimum Gasteiger partial charge on any atom is -0.481 e. The van der Waals surface area contributed by atoms with E-state index in [1.165, 1.54) is 0 Å². The Labute approximate surface area is 113 Å². The second-order valence-corrected chi connectivity index (χ2v) is 5.06. The van der Waals surface area contributed by atoms with E-state index in [9.17, 15) is 4.79 Å². The average Bonchev–Trinajstić information content (AvgIpc) is 2.45. The maximum Gasteiger partial charge on any atom is 0.237 e. The Morgan fingerprint density at radius 2 is 2.47 bits per heavy atom. The molecule has 0 bridgehead atoms. The van der Waals surface area contributed by atoms with Crippen LogP contribution in [0.25, 0.3) is 0 Å². The topological polar surface area (TPSA) is 63.2 Å². The van der Waals surface area contributed by atoms with E-state index in [1.807, 2.05) is 12.1 Å². The number of hydrogen-bond donors (Lipinski definition) is 2. The third-order valence-corrected chi connectivity index (χ3v) is 3.46. The van der Waals surface area contributed by atoms with Gasteiger partial charge >= 0.3 is 0 Å². The fourth-order valence-corrected chi connectivity index (χ4v) is 2.29. The molecule has 1 aliphatic rings. The molecule has 0 aromatic carbocycles. The van der Waals surface area contributed by atoms with Gasteiger partial charge in [-0.25, -0.2) is 4.98 Å². The van der Waals surface area contributed by atoms with Gasteiger partial charge in [0.05, 0.1) is 13.2 Å². The minimum absolute atomic E-state index is 0.0625. The first-order valence-corrected chi connectivity index (χ1v) is 6.69. The maximum absolute atomic E-state index is 12.1. The molecular weight excluding hydrogens is 242 g/mol. The fourth-order valence-electron chi connectivity index (χ4n) is 2.29. The number of methoxy groups -OCH3 is 1. The van der Waals surface area contributed by atoms with Crippen LogP contribution in [-0.2, 0) is 11.3 Å². The molecule has 1 fully saturated rings. The van der Waals surface area contributed by atoms with Crippen molar-refractivity contribution >= 4 is 5.91 Å². The second-order valence-electron chi connectivity index (χ2n) is 5.06. The van der Waals surface area contributed by atoms with E-state index in [4.69, 9.17) is 4.74 Å². The van der Waals surface area contributed by atoms with Crippen molar-refractivity contribution in [1.82, 2.24) is 15.6 Å². The van der Waals surface area contributed by atoms with Gasteiger partial charge in [0, 0.05) is 18.8 Å². The lowest BCUT2D eigenvalue weighted by Gasteiger charge is -2.27. The van der Waals surface area contributed by atoms with Crippen LogP contribution >= 0.6 is 0 Å². The fraction of sp³-hybridized carbons (Fsp3) is 0.571. The number of ether oxygens (including phenoxy) is 1. The Morgan fingerprint density at radius 1 is 1.63 bits per heavy atom. The molecular formula is C14H21N3O2. The summed E-state index contributed by atoms with van der Waals surface area (Å²) in [6, 6.07) is 3.64. The van der Waals surface area contributed by atoms with Crippen LogP contribution in [0.5, 0.6) is 5.88 Å². The van der Waals surface area contributed by atoms with Gasteiger partial charge in [-0.1, -0.05) is 6.92 Å². The molecule has 0 spiro atoms. The summed E-state index contributed by atoms with van der Waals surface area (Å²) >= 11 is 0. The summed E-state index contributed by atoms with van der Waals surface area (Å²) in [5.41, 5.74) is 0.990. The van der Waals surface area contributed by atoms with E-state index in [-0.39, 0.29) is 11.9 Å². The van der Waals surface area contributed by atoms with Crippen LogP contribution in [0.3, 0.4) is 0 Å². The number of carbonyl (C=O) groups excluding carboxylic acids is 1. The highest BCUT2D eigenvalue weighted by atomic mass is 16.5. The predicted molar refractivity (Wildman–Crippen MR) is 72.8 cm³/mol. The van der Waals surface area contributed by atoms with Crippen molar-refractivity contribution in [1.29, 1.82) is 0 Å². The molecule has 2 atom stereocenters. The Bertz CT molecular complexity index is 436. The third kappa shape index (κ3) is 3.92. The van der Waals surface area contributed by atoms with Gasteiger partial charge in [0.2, 0.25) is 11.8 Å². The first kappa shape index (κ1) is 13.8. The molecule has 5 heteroatoms. The number of nitrogens with zero attached hydrogens (tertiary/aromatic N) is 1. The van der Waals surface area contributed by atoms with Crippen LogP contribution in [-0.4, -0.2) is 30.6 Å². The average molecular weight is 263 g/mol. The molecule has 0 radical (unpaired) electrons. The minimum atomic E-state index is -0.0625. The normalized spacial score (nSPS) is 22.8. The molecule has 2 heterocycles. The van der Waals surface area contributed by atoms with E-state index in [0.717, 1.165) is 24.9 Å². The van der Waals surface area contributed by atoms with Crippen LogP contribution in [0.2, 0.25) is 0 Å². The van der Waals surface area contributed by atoms with Gasteiger partial charge in [-0.3, -0.25) is 4.79 Å². The summed E-state index contributed by atoms with van der Waals surface area (Å²) in [6.45, 7) is 3.61. The smallest absolute Gasteiger partial charge is 0.237 e.